The van der Waals surface area contributed by atoms with E-state index in [9.17, 15) is 8.78 Å². The molecule has 64 valence electrons. The summed E-state index contributed by atoms with van der Waals surface area (Å²) in [6.45, 7) is 0. The van der Waals surface area contributed by atoms with Crippen LogP contribution in [0.25, 0.3) is 6.08 Å². The lowest BCUT2D eigenvalue weighted by Crippen LogP contribution is -1.83. The van der Waals surface area contributed by atoms with Gasteiger partial charge in [-0.15, -0.1) is 11.6 Å². The van der Waals surface area contributed by atoms with Crippen LogP contribution >= 0.6 is 11.6 Å². The molecule has 0 saturated carbocycles. The van der Waals surface area contributed by atoms with E-state index in [0.717, 1.165) is 6.07 Å². The predicted octanol–water partition coefficient (Wildman–Crippen LogP) is 3.22. The van der Waals surface area contributed by atoms with Gasteiger partial charge in [-0.2, -0.15) is 0 Å². The molecule has 1 aromatic rings. The monoisotopic (exact) mass is 188 g/mol. The van der Waals surface area contributed by atoms with Crippen molar-refractivity contribution in [1.82, 2.24) is 0 Å². The maximum Gasteiger partial charge on any atom is 0.133 e. The van der Waals surface area contributed by atoms with Crippen LogP contribution < -0.4 is 0 Å². The summed E-state index contributed by atoms with van der Waals surface area (Å²) in [4.78, 5) is 0. The summed E-state index contributed by atoms with van der Waals surface area (Å²) < 4.78 is 25.2. The van der Waals surface area contributed by atoms with E-state index in [4.69, 9.17) is 11.6 Å². The van der Waals surface area contributed by atoms with Crippen molar-refractivity contribution < 1.29 is 8.78 Å². The van der Waals surface area contributed by atoms with E-state index in [1.165, 1.54) is 18.2 Å². The van der Waals surface area contributed by atoms with Crippen molar-refractivity contribution in [2.24, 2.45) is 0 Å². The van der Waals surface area contributed by atoms with Crippen molar-refractivity contribution in [3.63, 3.8) is 0 Å². The summed E-state index contributed by atoms with van der Waals surface area (Å²) in [6.07, 6.45) is 3.11. The SMILES string of the molecule is Fc1ccc(C=CCCl)c(F)c1. The molecule has 0 aliphatic carbocycles. The molecule has 0 atom stereocenters. The number of halogens is 3. The Morgan fingerprint density at radius 1 is 1.33 bits per heavy atom. The lowest BCUT2D eigenvalue weighted by molar-refractivity contribution is 0.581. The first-order chi connectivity index (χ1) is 5.74. The van der Waals surface area contributed by atoms with Crippen molar-refractivity contribution in [3.8, 4) is 0 Å². The maximum atomic E-state index is 12.8. The number of benzene rings is 1. The van der Waals surface area contributed by atoms with Gasteiger partial charge in [0.2, 0.25) is 0 Å². The number of alkyl halides is 1. The molecule has 0 radical (unpaired) electrons. The Kier molecular flexibility index (Phi) is 3.23. The third kappa shape index (κ3) is 2.31. The summed E-state index contributed by atoms with van der Waals surface area (Å²) >= 11 is 5.35. The molecule has 0 saturated heterocycles. The third-order valence-corrected chi connectivity index (χ3v) is 1.53. The maximum absolute atomic E-state index is 12.8. The van der Waals surface area contributed by atoms with Crippen molar-refractivity contribution in [2.45, 2.75) is 0 Å². The van der Waals surface area contributed by atoms with Crippen LogP contribution in [0.3, 0.4) is 0 Å². The lowest BCUT2D eigenvalue weighted by Gasteiger charge is -1.95. The minimum Gasteiger partial charge on any atom is -0.207 e. The summed E-state index contributed by atoms with van der Waals surface area (Å²) in [7, 11) is 0. The Morgan fingerprint density at radius 2 is 2.08 bits per heavy atom. The molecular formula is C9H7ClF2. The second-order valence-corrected chi connectivity index (χ2v) is 2.53. The fraction of sp³-hybridized carbons (Fsp3) is 0.111. The molecule has 0 aliphatic rings. The van der Waals surface area contributed by atoms with Gasteiger partial charge in [-0.05, 0) is 12.1 Å². The summed E-state index contributed by atoms with van der Waals surface area (Å²) in [6, 6.07) is 3.42. The van der Waals surface area contributed by atoms with Crippen LogP contribution in [0.1, 0.15) is 5.56 Å². The van der Waals surface area contributed by atoms with Gasteiger partial charge < -0.3 is 0 Å². The van der Waals surface area contributed by atoms with Crippen LogP contribution in [-0.2, 0) is 0 Å². The molecule has 0 aliphatic heterocycles. The molecule has 0 spiro atoms. The van der Waals surface area contributed by atoms with Crippen molar-refractivity contribution in [2.75, 3.05) is 5.88 Å². The highest BCUT2D eigenvalue weighted by molar-refractivity contribution is 6.19. The zero-order valence-electron chi connectivity index (χ0n) is 6.23. The molecule has 0 unspecified atom stereocenters. The van der Waals surface area contributed by atoms with E-state index >= 15 is 0 Å². The van der Waals surface area contributed by atoms with Crippen molar-refractivity contribution >= 4 is 17.7 Å². The number of allylic oxidation sites excluding steroid dienone is 1. The molecule has 1 rings (SSSR count). The fourth-order valence-electron chi connectivity index (χ4n) is 0.808. The van der Waals surface area contributed by atoms with Crippen LogP contribution in [-0.4, -0.2) is 5.88 Å². The van der Waals surface area contributed by atoms with Gasteiger partial charge >= 0.3 is 0 Å². The van der Waals surface area contributed by atoms with E-state index in [-0.39, 0.29) is 0 Å². The summed E-state index contributed by atoms with van der Waals surface area (Å²) in [5.41, 5.74) is 0.344. The molecule has 0 fully saturated rings. The normalized spacial score (nSPS) is 10.9. The third-order valence-electron chi connectivity index (χ3n) is 1.35. The molecule has 0 nitrogen and oxygen atoms in total. The average molecular weight is 189 g/mol. The van der Waals surface area contributed by atoms with E-state index in [1.54, 1.807) is 6.08 Å². The van der Waals surface area contributed by atoms with Crippen molar-refractivity contribution in [1.29, 1.82) is 0 Å². The van der Waals surface area contributed by atoms with E-state index in [0.29, 0.717) is 11.4 Å². The van der Waals surface area contributed by atoms with Gasteiger partial charge in [0.05, 0.1) is 0 Å². The second-order valence-electron chi connectivity index (χ2n) is 2.22. The minimum atomic E-state index is -0.574. The molecule has 0 aromatic heterocycles. The summed E-state index contributed by atoms with van der Waals surface area (Å²) in [5, 5.41) is 0. The standard InChI is InChI=1S/C9H7ClF2/c10-5-1-2-7-3-4-8(11)6-9(7)12/h1-4,6H,5H2. The highest BCUT2D eigenvalue weighted by Crippen LogP contribution is 2.10. The molecule has 0 bridgehead atoms. The van der Waals surface area contributed by atoms with E-state index < -0.39 is 11.6 Å². The Balaban J connectivity index is 2.94. The molecule has 0 amide bonds. The molecule has 1 aromatic carbocycles. The quantitative estimate of drug-likeness (QED) is 0.626. The lowest BCUT2D eigenvalue weighted by atomic mass is 10.2. The van der Waals surface area contributed by atoms with Crippen LogP contribution in [0.15, 0.2) is 24.3 Å². The molecule has 3 heteroatoms. The van der Waals surface area contributed by atoms with Crippen LogP contribution in [0, 0.1) is 11.6 Å². The fourth-order valence-corrected chi connectivity index (χ4v) is 0.897. The Hall–Kier alpha value is -0.890. The Labute approximate surface area is 74.5 Å². The molecule has 0 heterocycles. The first kappa shape index (κ1) is 9.20. The van der Waals surface area contributed by atoms with E-state index in [2.05, 4.69) is 0 Å². The average Bonchev–Trinajstić information content (AvgIpc) is 2.03. The Morgan fingerprint density at radius 3 is 2.67 bits per heavy atom. The van der Waals surface area contributed by atoms with Crippen LogP contribution in [0.4, 0.5) is 8.78 Å². The van der Waals surface area contributed by atoms with Crippen LogP contribution in [0.2, 0.25) is 0 Å². The second kappa shape index (κ2) is 4.21. The van der Waals surface area contributed by atoms with Gasteiger partial charge in [-0.25, -0.2) is 8.78 Å². The minimum absolute atomic E-state index is 0.316. The molecule has 0 N–H and O–H groups in total. The topological polar surface area (TPSA) is 0 Å². The molecule has 12 heavy (non-hydrogen) atoms. The van der Waals surface area contributed by atoms with E-state index in [1.807, 2.05) is 0 Å². The van der Waals surface area contributed by atoms with Gasteiger partial charge in [-0.3, -0.25) is 0 Å². The van der Waals surface area contributed by atoms with Gasteiger partial charge in [0.15, 0.2) is 0 Å². The largest absolute Gasteiger partial charge is 0.207 e. The zero-order chi connectivity index (χ0) is 8.97. The predicted molar refractivity (Wildman–Crippen MR) is 46.1 cm³/mol. The highest BCUT2D eigenvalue weighted by atomic mass is 35.5. The number of hydrogen-bond donors (Lipinski definition) is 0. The summed E-state index contributed by atoms with van der Waals surface area (Å²) in [5.74, 6) is -0.830. The van der Waals surface area contributed by atoms with Gasteiger partial charge in [0.25, 0.3) is 0 Å². The first-order valence-corrected chi connectivity index (χ1v) is 3.95. The number of hydrogen-bond acceptors (Lipinski definition) is 0. The Bertz CT molecular complexity index is 295. The first-order valence-electron chi connectivity index (χ1n) is 3.41. The zero-order valence-corrected chi connectivity index (χ0v) is 6.98. The van der Waals surface area contributed by atoms with Crippen molar-refractivity contribution in [3.05, 3.63) is 41.5 Å². The van der Waals surface area contributed by atoms with Gasteiger partial charge in [0, 0.05) is 17.5 Å². The van der Waals surface area contributed by atoms with Crippen LogP contribution in [0.5, 0.6) is 0 Å². The molecular weight excluding hydrogens is 182 g/mol. The van der Waals surface area contributed by atoms with Gasteiger partial charge in [-0.1, -0.05) is 12.2 Å². The smallest absolute Gasteiger partial charge is 0.133 e. The number of rotatable bonds is 2. The van der Waals surface area contributed by atoms with Gasteiger partial charge in [0.1, 0.15) is 11.6 Å². The highest BCUT2D eigenvalue weighted by Gasteiger charge is 1.98.